The van der Waals surface area contributed by atoms with E-state index in [9.17, 15) is 9.59 Å². The SMILES string of the molecule is CC[C@@H](C)N(CC(=O)N(CCc1ccccc1)Cc1ccc(C)o1)C(=O)c1ccc(C)cc1. The molecule has 5 heteroatoms. The van der Waals surface area contributed by atoms with Crippen molar-refractivity contribution in [1.29, 1.82) is 0 Å². The second-order valence-electron chi connectivity index (χ2n) is 8.62. The van der Waals surface area contributed by atoms with Crippen molar-refractivity contribution in [3.63, 3.8) is 0 Å². The first-order chi connectivity index (χ1) is 15.9. The summed E-state index contributed by atoms with van der Waals surface area (Å²) in [6.07, 6.45) is 1.51. The lowest BCUT2D eigenvalue weighted by atomic mass is 10.1. The molecule has 174 valence electrons. The van der Waals surface area contributed by atoms with Gasteiger partial charge in [0.1, 0.15) is 18.1 Å². The van der Waals surface area contributed by atoms with E-state index in [0.717, 1.165) is 29.9 Å². The van der Waals surface area contributed by atoms with Gasteiger partial charge < -0.3 is 14.2 Å². The van der Waals surface area contributed by atoms with Gasteiger partial charge in [-0.05, 0) is 63.4 Å². The normalized spacial score (nSPS) is 11.8. The average molecular weight is 447 g/mol. The largest absolute Gasteiger partial charge is 0.464 e. The highest BCUT2D eigenvalue weighted by atomic mass is 16.3. The highest BCUT2D eigenvalue weighted by molar-refractivity contribution is 5.96. The van der Waals surface area contributed by atoms with Gasteiger partial charge in [0.25, 0.3) is 5.91 Å². The molecule has 0 unspecified atom stereocenters. The van der Waals surface area contributed by atoms with E-state index in [1.807, 2.05) is 82.3 Å². The Morgan fingerprint density at radius 2 is 1.64 bits per heavy atom. The summed E-state index contributed by atoms with van der Waals surface area (Å²) in [6.45, 7) is 8.88. The standard InChI is InChI=1S/C28H34N2O3/c1-5-22(3)30(28(32)25-14-11-21(2)12-15-25)20-27(31)29(19-26-16-13-23(4)33-26)18-17-24-9-7-6-8-10-24/h6-16,22H,5,17-20H2,1-4H3/t22-/m1/s1. The van der Waals surface area contributed by atoms with Crippen molar-refractivity contribution >= 4 is 11.8 Å². The predicted molar refractivity (Wildman–Crippen MR) is 131 cm³/mol. The second-order valence-corrected chi connectivity index (χ2v) is 8.62. The topological polar surface area (TPSA) is 53.8 Å². The van der Waals surface area contributed by atoms with Crippen LogP contribution in [-0.4, -0.2) is 40.7 Å². The average Bonchev–Trinajstić information content (AvgIpc) is 3.24. The molecular weight excluding hydrogens is 412 g/mol. The Bertz CT molecular complexity index is 1040. The van der Waals surface area contributed by atoms with Gasteiger partial charge in [0.05, 0.1) is 6.54 Å². The molecule has 5 nitrogen and oxygen atoms in total. The van der Waals surface area contributed by atoms with Gasteiger partial charge in [-0.25, -0.2) is 0 Å². The molecule has 0 spiro atoms. The van der Waals surface area contributed by atoms with Crippen LogP contribution in [0.25, 0.3) is 0 Å². The van der Waals surface area contributed by atoms with Crippen LogP contribution in [0, 0.1) is 13.8 Å². The molecule has 0 radical (unpaired) electrons. The first-order valence-corrected chi connectivity index (χ1v) is 11.6. The highest BCUT2D eigenvalue weighted by Crippen LogP contribution is 2.15. The van der Waals surface area contributed by atoms with Crippen molar-refractivity contribution in [2.75, 3.05) is 13.1 Å². The Morgan fingerprint density at radius 1 is 0.939 bits per heavy atom. The summed E-state index contributed by atoms with van der Waals surface area (Å²) >= 11 is 0. The number of benzene rings is 2. The van der Waals surface area contributed by atoms with E-state index in [1.54, 1.807) is 9.80 Å². The lowest BCUT2D eigenvalue weighted by molar-refractivity contribution is -0.133. The summed E-state index contributed by atoms with van der Waals surface area (Å²) in [4.78, 5) is 30.3. The summed E-state index contributed by atoms with van der Waals surface area (Å²) in [5.74, 6) is 1.36. The maximum Gasteiger partial charge on any atom is 0.254 e. The van der Waals surface area contributed by atoms with E-state index in [1.165, 1.54) is 5.56 Å². The summed E-state index contributed by atoms with van der Waals surface area (Å²) in [5, 5.41) is 0. The van der Waals surface area contributed by atoms with Crippen molar-refractivity contribution in [2.45, 2.75) is 53.1 Å². The van der Waals surface area contributed by atoms with Crippen LogP contribution in [0.1, 0.15) is 53.3 Å². The van der Waals surface area contributed by atoms with Gasteiger partial charge in [0, 0.05) is 18.2 Å². The molecule has 0 bridgehead atoms. The van der Waals surface area contributed by atoms with Gasteiger partial charge >= 0.3 is 0 Å². The van der Waals surface area contributed by atoms with E-state index >= 15 is 0 Å². The zero-order valence-electron chi connectivity index (χ0n) is 20.1. The third-order valence-corrected chi connectivity index (χ3v) is 6.00. The van der Waals surface area contributed by atoms with Crippen molar-refractivity contribution < 1.29 is 14.0 Å². The summed E-state index contributed by atoms with van der Waals surface area (Å²) in [5.41, 5.74) is 2.87. The number of hydrogen-bond donors (Lipinski definition) is 0. The van der Waals surface area contributed by atoms with E-state index in [0.29, 0.717) is 18.7 Å². The molecule has 3 aromatic rings. The number of rotatable bonds is 10. The smallest absolute Gasteiger partial charge is 0.254 e. The number of furan rings is 1. The number of carbonyl (C=O) groups excluding carboxylic acids is 2. The van der Waals surface area contributed by atoms with Crippen molar-refractivity contribution in [2.24, 2.45) is 0 Å². The molecule has 0 N–H and O–H groups in total. The lowest BCUT2D eigenvalue weighted by Crippen LogP contribution is -2.46. The predicted octanol–water partition coefficient (Wildman–Crippen LogP) is 5.41. The Hall–Kier alpha value is -3.34. The monoisotopic (exact) mass is 446 g/mol. The Balaban J connectivity index is 1.78. The minimum atomic E-state index is -0.116. The molecular formula is C28H34N2O3. The zero-order chi connectivity index (χ0) is 23.8. The second kappa shape index (κ2) is 11.5. The molecule has 2 amide bonds. The van der Waals surface area contributed by atoms with Crippen LogP contribution in [-0.2, 0) is 17.8 Å². The van der Waals surface area contributed by atoms with Crippen molar-refractivity contribution in [1.82, 2.24) is 9.80 Å². The van der Waals surface area contributed by atoms with Gasteiger partial charge in [0.15, 0.2) is 0 Å². The summed E-state index contributed by atoms with van der Waals surface area (Å²) in [6, 6.07) is 21.4. The van der Waals surface area contributed by atoms with Crippen LogP contribution in [0.15, 0.2) is 71.1 Å². The number of nitrogens with zero attached hydrogens (tertiary/aromatic N) is 2. The summed E-state index contributed by atoms with van der Waals surface area (Å²) in [7, 11) is 0. The minimum absolute atomic E-state index is 0.0379. The van der Waals surface area contributed by atoms with Crippen LogP contribution in [0.4, 0.5) is 0 Å². The number of hydrogen-bond acceptors (Lipinski definition) is 3. The molecule has 33 heavy (non-hydrogen) atoms. The molecule has 0 saturated heterocycles. The van der Waals surface area contributed by atoms with Gasteiger partial charge in [0.2, 0.25) is 5.91 Å². The maximum absolute atomic E-state index is 13.5. The fourth-order valence-corrected chi connectivity index (χ4v) is 3.71. The number of carbonyl (C=O) groups is 2. The van der Waals surface area contributed by atoms with E-state index in [4.69, 9.17) is 4.42 Å². The van der Waals surface area contributed by atoms with Crippen LogP contribution < -0.4 is 0 Å². The van der Waals surface area contributed by atoms with Crippen LogP contribution in [0.2, 0.25) is 0 Å². The Kier molecular flexibility index (Phi) is 8.47. The van der Waals surface area contributed by atoms with Gasteiger partial charge in [-0.2, -0.15) is 0 Å². The molecule has 0 fully saturated rings. The van der Waals surface area contributed by atoms with Crippen LogP contribution in [0.3, 0.4) is 0 Å². The molecule has 2 aromatic carbocycles. The Morgan fingerprint density at radius 3 is 2.24 bits per heavy atom. The third kappa shape index (κ3) is 6.82. The first kappa shape index (κ1) is 24.3. The number of aryl methyl sites for hydroxylation is 2. The van der Waals surface area contributed by atoms with Crippen molar-refractivity contribution in [3.05, 3.63) is 94.9 Å². The number of amides is 2. The molecule has 1 atom stereocenters. The minimum Gasteiger partial charge on any atom is -0.464 e. The molecule has 0 aliphatic heterocycles. The Labute approximate surface area is 197 Å². The molecule has 1 heterocycles. The zero-order valence-corrected chi connectivity index (χ0v) is 20.1. The van der Waals surface area contributed by atoms with E-state index in [2.05, 4.69) is 12.1 Å². The van der Waals surface area contributed by atoms with Gasteiger partial charge in [-0.15, -0.1) is 0 Å². The summed E-state index contributed by atoms with van der Waals surface area (Å²) < 4.78 is 5.74. The fourth-order valence-electron chi connectivity index (χ4n) is 3.71. The molecule has 0 aliphatic rings. The molecule has 1 aromatic heterocycles. The first-order valence-electron chi connectivity index (χ1n) is 11.6. The van der Waals surface area contributed by atoms with E-state index < -0.39 is 0 Å². The lowest BCUT2D eigenvalue weighted by Gasteiger charge is -2.31. The third-order valence-electron chi connectivity index (χ3n) is 6.00. The molecule has 0 aliphatic carbocycles. The fraction of sp³-hybridized carbons (Fsp3) is 0.357. The molecule has 0 saturated carbocycles. The maximum atomic E-state index is 13.5. The van der Waals surface area contributed by atoms with Gasteiger partial charge in [-0.1, -0.05) is 55.0 Å². The van der Waals surface area contributed by atoms with Gasteiger partial charge in [-0.3, -0.25) is 9.59 Å². The quantitative estimate of drug-likeness (QED) is 0.418. The van der Waals surface area contributed by atoms with E-state index in [-0.39, 0.29) is 24.4 Å². The highest BCUT2D eigenvalue weighted by Gasteiger charge is 2.26. The van der Waals surface area contributed by atoms with Crippen molar-refractivity contribution in [3.8, 4) is 0 Å². The van der Waals surface area contributed by atoms with Crippen LogP contribution >= 0.6 is 0 Å². The molecule has 3 rings (SSSR count). The van der Waals surface area contributed by atoms with Crippen LogP contribution in [0.5, 0.6) is 0 Å².